The summed E-state index contributed by atoms with van der Waals surface area (Å²) in [6.45, 7) is 0.680. The molecule has 4 rings (SSSR count). The molecule has 1 saturated heterocycles. The molecule has 2 aromatic carbocycles. The molecule has 0 aliphatic carbocycles. The summed E-state index contributed by atoms with van der Waals surface area (Å²) in [7, 11) is -3.87. The highest BCUT2D eigenvalue weighted by Gasteiger charge is 2.33. The lowest BCUT2D eigenvalue weighted by atomic mass is 10.1. The molecule has 2 heterocycles. The van der Waals surface area contributed by atoms with Crippen molar-refractivity contribution in [2.75, 3.05) is 26.2 Å². The summed E-state index contributed by atoms with van der Waals surface area (Å²) in [6.07, 6.45) is 0. The molecule has 1 aliphatic rings. The predicted octanol–water partition coefficient (Wildman–Crippen LogP) is 3.80. The molecule has 1 aliphatic heterocycles. The van der Waals surface area contributed by atoms with Gasteiger partial charge in [-0.05, 0) is 12.1 Å². The van der Waals surface area contributed by atoms with Gasteiger partial charge >= 0.3 is 0 Å². The maximum absolute atomic E-state index is 13.0. The van der Waals surface area contributed by atoms with Crippen molar-refractivity contribution < 1.29 is 17.7 Å². The fourth-order valence-electron chi connectivity index (χ4n) is 3.27. The molecule has 0 atom stereocenters. The molecule has 10 heteroatoms. The van der Waals surface area contributed by atoms with Gasteiger partial charge in [-0.3, -0.25) is 4.79 Å². The van der Waals surface area contributed by atoms with Crippen molar-refractivity contribution in [2.45, 2.75) is 4.90 Å². The molecule has 1 fully saturated rings. The van der Waals surface area contributed by atoms with E-state index in [1.54, 1.807) is 17.0 Å². The summed E-state index contributed by atoms with van der Waals surface area (Å²) in [4.78, 5) is 14.2. The molecule has 0 saturated carbocycles. The van der Waals surface area contributed by atoms with Crippen LogP contribution in [0.1, 0.15) is 10.5 Å². The van der Waals surface area contributed by atoms with Crippen LogP contribution in [-0.4, -0.2) is 54.9 Å². The second kappa shape index (κ2) is 8.39. The largest absolute Gasteiger partial charge is 0.355 e. The Labute approximate surface area is 183 Å². The molecule has 0 N–H and O–H groups in total. The van der Waals surface area contributed by atoms with E-state index in [1.807, 2.05) is 30.3 Å². The highest BCUT2D eigenvalue weighted by Crippen LogP contribution is 2.32. The summed E-state index contributed by atoms with van der Waals surface area (Å²) in [5, 5.41) is 4.01. The molecular formula is C20H17Cl2N3O4S. The zero-order valence-electron chi connectivity index (χ0n) is 15.7. The molecule has 1 amide bonds. The predicted molar refractivity (Wildman–Crippen MR) is 113 cm³/mol. The SMILES string of the molecule is O=C(c1cc(-c2ccccc2)on1)N1CCN(S(=O)(=O)c2c(Cl)cccc2Cl)CC1. The summed E-state index contributed by atoms with van der Waals surface area (Å²) in [5.41, 5.74) is 0.996. The quantitative estimate of drug-likeness (QED) is 0.584. The van der Waals surface area contributed by atoms with Crippen molar-refractivity contribution in [1.29, 1.82) is 0 Å². The number of hydrogen-bond acceptors (Lipinski definition) is 5. The number of rotatable bonds is 4. The van der Waals surface area contributed by atoms with Crippen LogP contribution in [0.3, 0.4) is 0 Å². The second-order valence-corrected chi connectivity index (χ2v) is 9.38. The topological polar surface area (TPSA) is 83.7 Å². The maximum atomic E-state index is 13.0. The van der Waals surface area contributed by atoms with E-state index in [0.29, 0.717) is 5.76 Å². The van der Waals surface area contributed by atoms with Crippen molar-refractivity contribution in [3.63, 3.8) is 0 Å². The van der Waals surface area contributed by atoms with Gasteiger partial charge < -0.3 is 9.42 Å². The first-order chi connectivity index (χ1) is 14.4. The molecular weight excluding hydrogens is 449 g/mol. The normalized spacial score (nSPS) is 15.3. The summed E-state index contributed by atoms with van der Waals surface area (Å²) >= 11 is 12.1. The Morgan fingerprint density at radius 1 is 0.933 bits per heavy atom. The van der Waals surface area contributed by atoms with Crippen LogP contribution in [0.5, 0.6) is 0 Å². The van der Waals surface area contributed by atoms with Crippen LogP contribution in [0.15, 0.2) is 64.0 Å². The molecule has 0 radical (unpaired) electrons. The van der Waals surface area contributed by atoms with Crippen LogP contribution in [0.2, 0.25) is 10.0 Å². The smallest absolute Gasteiger partial charge is 0.276 e. The van der Waals surface area contributed by atoms with Crippen molar-refractivity contribution >= 4 is 39.1 Å². The number of nitrogens with zero attached hydrogens (tertiary/aromatic N) is 3. The number of aromatic nitrogens is 1. The van der Waals surface area contributed by atoms with Gasteiger partial charge in [0.15, 0.2) is 11.5 Å². The van der Waals surface area contributed by atoms with Gasteiger partial charge in [0.2, 0.25) is 10.0 Å². The summed E-state index contributed by atoms with van der Waals surface area (Å²) in [6, 6.07) is 15.5. The number of halogens is 2. The summed E-state index contributed by atoms with van der Waals surface area (Å²) in [5.74, 6) is 0.183. The van der Waals surface area contributed by atoms with Crippen molar-refractivity contribution in [2.24, 2.45) is 0 Å². The number of piperazine rings is 1. The first-order valence-corrected chi connectivity index (χ1v) is 11.3. The van der Waals surface area contributed by atoms with Crippen LogP contribution in [0.25, 0.3) is 11.3 Å². The molecule has 30 heavy (non-hydrogen) atoms. The zero-order chi connectivity index (χ0) is 21.3. The number of benzene rings is 2. The lowest BCUT2D eigenvalue weighted by Gasteiger charge is -2.33. The van der Waals surface area contributed by atoms with Crippen LogP contribution < -0.4 is 0 Å². The van der Waals surface area contributed by atoms with Gasteiger partial charge in [-0.25, -0.2) is 8.42 Å². The highest BCUT2D eigenvalue weighted by molar-refractivity contribution is 7.89. The zero-order valence-corrected chi connectivity index (χ0v) is 18.0. The minimum Gasteiger partial charge on any atom is -0.355 e. The lowest BCUT2D eigenvalue weighted by molar-refractivity contribution is 0.0687. The fraction of sp³-hybridized carbons (Fsp3) is 0.200. The first kappa shape index (κ1) is 20.9. The van der Waals surface area contributed by atoms with E-state index in [9.17, 15) is 13.2 Å². The molecule has 3 aromatic rings. The van der Waals surface area contributed by atoms with Gasteiger partial charge in [0.05, 0.1) is 10.0 Å². The van der Waals surface area contributed by atoms with Crippen molar-refractivity contribution in [3.8, 4) is 11.3 Å². The minimum atomic E-state index is -3.87. The molecule has 1 aromatic heterocycles. The number of sulfonamides is 1. The van der Waals surface area contributed by atoms with Crippen LogP contribution in [-0.2, 0) is 10.0 Å². The van der Waals surface area contributed by atoms with Gasteiger partial charge in [0.25, 0.3) is 5.91 Å². The lowest BCUT2D eigenvalue weighted by Crippen LogP contribution is -2.50. The van der Waals surface area contributed by atoms with Gasteiger partial charge in [0, 0.05) is 37.8 Å². The Hall–Kier alpha value is -2.39. The van der Waals surface area contributed by atoms with Crippen molar-refractivity contribution in [1.82, 2.24) is 14.4 Å². The van der Waals surface area contributed by atoms with Gasteiger partial charge in [-0.15, -0.1) is 0 Å². The van der Waals surface area contributed by atoms with Gasteiger partial charge in [0.1, 0.15) is 4.90 Å². The van der Waals surface area contributed by atoms with E-state index >= 15 is 0 Å². The third-order valence-corrected chi connectivity index (χ3v) is 7.69. The number of carbonyl (C=O) groups is 1. The van der Waals surface area contributed by atoms with E-state index in [4.69, 9.17) is 27.7 Å². The highest BCUT2D eigenvalue weighted by atomic mass is 35.5. The fourth-order valence-corrected chi connectivity index (χ4v) is 5.78. The number of carbonyl (C=O) groups excluding carboxylic acids is 1. The Bertz CT molecular complexity index is 1150. The maximum Gasteiger partial charge on any atom is 0.276 e. The van der Waals surface area contributed by atoms with E-state index in [2.05, 4.69) is 5.16 Å². The number of hydrogen-bond donors (Lipinski definition) is 0. The standard InChI is InChI=1S/C20H17Cl2N3O4S/c21-15-7-4-8-16(22)19(15)30(27,28)25-11-9-24(10-12-25)20(26)17-13-18(29-23-17)14-5-2-1-3-6-14/h1-8,13H,9-12H2. The van der Waals surface area contributed by atoms with E-state index in [-0.39, 0.29) is 52.7 Å². The number of amides is 1. The third-order valence-electron chi connectivity index (χ3n) is 4.83. The average molecular weight is 466 g/mol. The summed E-state index contributed by atoms with van der Waals surface area (Å²) < 4.78 is 32.5. The van der Waals surface area contributed by atoms with E-state index in [0.717, 1.165) is 5.56 Å². The van der Waals surface area contributed by atoms with E-state index in [1.165, 1.54) is 16.4 Å². The van der Waals surface area contributed by atoms with Crippen LogP contribution in [0, 0.1) is 0 Å². The van der Waals surface area contributed by atoms with Gasteiger partial charge in [-0.1, -0.05) is 64.8 Å². The minimum absolute atomic E-state index is 0.0667. The Morgan fingerprint density at radius 2 is 1.57 bits per heavy atom. The monoisotopic (exact) mass is 465 g/mol. The average Bonchev–Trinajstić information content (AvgIpc) is 3.24. The van der Waals surface area contributed by atoms with Gasteiger partial charge in [-0.2, -0.15) is 4.31 Å². The molecule has 0 spiro atoms. The first-order valence-electron chi connectivity index (χ1n) is 9.13. The molecule has 156 valence electrons. The van der Waals surface area contributed by atoms with Crippen LogP contribution >= 0.6 is 23.2 Å². The van der Waals surface area contributed by atoms with Crippen LogP contribution in [0.4, 0.5) is 0 Å². The van der Waals surface area contributed by atoms with Crippen molar-refractivity contribution in [3.05, 3.63) is 70.3 Å². The Morgan fingerprint density at radius 3 is 2.20 bits per heavy atom. The molecule has 0 unspecified atom stereocenters. The second-order valence-electron chi connectivity index (χ2n) is 6.69. The van der Waals surface area contributed by atoms with E-state index < -0.39 is 10.0 Å². The Balaban J connectivity index is 1.46. The molecule has 7 nitrogen and oxygen atoms in total. The third kappa shape index (κ3) is 3.96. The molecule has 0 bridgehead atoms. The Kier molecular flexibility index (Phi) is 5.84.